The van der Waals surface area contributed by atoms with Crippen LogP contribution in [0.1, 0.15) is 37.3 Å². The lowest BCUT2D eigenvalue weighted by atomic mass is 9.79. The van der Waals surface area contributed by atoms with Gasteiger partial charge < -0.3 is 20.8 Å². The predicted molar refractivity (Wildman–Crippen MR) is 117 cm³/mol. The van der Waals surface area contributed by atoms with Gasteiger partial charge in [-0.05, 0) is 49.1 Å². The summed E-state index contributed by atoms with van der Waals surface area (Å²) in [4.78, 5) is 21.6. The molecule has 0 aliphatic carbocycles. The molecule has 3 rings (SSSR count). The van der Waals surface area contributed by atoms with Crippen LogP contribution in [0.4, 0.5) is 0 Å². The molecule has 0 bridgehead atoms. The van der Waals surface area contributed by atoms with Gasteiger partial charge in [0.15, 0.2) is 0 Å². The molecule has 30 heavy (non-hydrogen) atoms. The van der Waals surface area contributed by atoms with Crippen molar-refractivity contribution in [2.24, 2.45) is 0 Å². The molecule has 0 aromatic heterocycles. The van der Waals surface area contributed by atoms with Gasteiger partial charge in [0, 0.05) is 24.9 Å². The number of aliphatic hydroxyl groups is 1. The third-order valence-electron chi connectivity index (χ3n) is 5.04. The monoisotopic (exact) mass is 432 g/mol. The number of benzene rings is 2. The Bertz CT molecular complexity index is 810. The van der Waals surface area contributed by atoms with Gasteiger partial charge in [0.2, 0.25) is 5.91 Å². The summed E-state index contributed by atoms with van der Waals surface area (Å²) in [5, 5.41) is 25.1. The van der Waals surface area contributed by atoms with Crippen molar-refractivity contribution in [1.82, 2.24) is 10.6 Å². The molecule has 4 N–H and O–H groups in total. The topological polar surface area (TPSA) is 98.7 Å². The van der Waals surface area contributed by atoms with E-state index in [1.807, 2.05) is 54.6 Å². The highest BCUT2D eigenvalue weighted by molar-refractivity contribution is 6.30. The fourth-order valence-electron chi connectivity index (χ4n) is 3.57. The van der Waals surface area contributed by atoms with Crippen LogP contribution in [0.2, 0.25) is 5.02 Å². The lowest BCUT2D eigenvalue weighted by molar-refractivity contribution is -0.134. The number of β-amino-alcohol motifs (C(OH)–C–C–N with tert-alkyl or cyclic N) is 1. The number of hydrogen-bond donors (Lipinski definition) is 4. The van der Waals surface area contributed by atoms with Crippen LogP contribution in [0.25, 0.3) is 0 Å². The van der Waals surface area contributed by atoms with E-state index in [4.69, 9.17) is 21.5 Å². The van der Waals surface area contributed by atoms with Gasteiger partial charge >= 0.3 is 0 Å². The second-order valence-electron chi connectivity index (χ2n) is 7.35. The zero-order valence-electron chi connectivity index (χ0n) is 17.1. The number of hydrogen-bond acceptors (Lipinski definition) is 4. The van der Waals surface area contributed by atoms with Gasteiger partial charge in [0.05, 0.1) is 11.6 Å². The van der Waals surface area contributed by atoms with E-state index in [9.17, 15) is 9.90 Å². The van der Waals surface area contributed by atoms with Crippen LogP contribution < -0.4 is 10.6 Å². The highest BCUT2D eigenvalue weighted by Crippen LogP contribution is 2.31. The summed E-state index contributed by atoms with van der Waals surface area (Å²) in [5.74, 6) is -0.858. The summed E-state index contributed by atoms with van der Waals surface area (Å²) in [6.07, 6.45) is 2.02. The summed E-state index contributed by atoms with van der Waals surface area (Å²) < 4.78 is 0. The first-order chi connectivity index (χ1) is 14.3. The second kappa shape index (κ2) is 11.7. The molecule has 0 spiro atoms. The number of carbonyl (C=O) groups is 2. The molecule has 1 heterocycles. The molecular weight excluding hydrogens is 404 g/mol. The zero-order valence-corrected chi connectivity index (χ0v) is 17.9. The Morgan fingerprint density at radius 2 is 1.80 bits per heavy atom. The molecule has 2 aromatic rings. The zero-order chi connectivity index (χ0) is 22.0. The van der Waals surface area contributed by atoms with Gasteiger partial charge in [-0.3, -0.25) is 9.59 Å². The number of carboxylic acid groups (broad SMARTS) is 1. The molecule has 1 fully saturated rings. The third-order valence-corrected chi connectivity index (χ3v) is 5.29. The van der Waals surface area contributed by atoms with Crippen molar-refractivity contribution in [3.8, 4) is 0 Å². The van der Waals surface area contributed by atoms with E-state index in [0.717, 1.165) is 36.9 Å². The molecule has 0 radical (unpaired) electrons. The van der Waals surface area contributed by atoms with Gasteiger partial charge in [0.25, 0.3) is 5.97 Å². The Hall–Kier alpha value is -2.41. The lowest BCUT2D eigenvalue weighted by Crippen LogP contribution is -2.61. The Morgan fingerprint density at radius 1 is 1.17 bits per heavy atom. The molecule has 7 heteroatoms. The van der Waals surface area contributed by atoms with Gasteiger partial charge in [-0.15, -0.1) is 0 Å². The van der Waals surface area contributed by atoms with Crippen LogP contribution >= 0.6 is 11.6 Å². The summed E-state index contributed by atoms with van der Waals surface area (Å²) >= 11 is 5.90. The van der Waals surface area contributed by atoms with Crippen LogP contribution in [0.3, 0.4) is 0 Å². The van der Waals surface area contributed by atoms with Crippen LogP contribution in [0.5, 0.6) is 0 Å². The lowest BCUT2D eigenvalue weighted by Gasteiger charge is -2.43. The van der Waals surface area contributed by atoms with Crippen molar-refractivity contribution in [2.45, 2.75) is 44.2 Å². The highest BCUT2D eigenvalue weighted by Gasteiger charge is 2.42. The summed E-state index contributed by atoms with van der Waals surface area (Å²) in [5.41, 5.74) is 1.41. The Kier molecular flexibility index (Phi) is 9.30. The molecule has 6 nitrogen and oxygen atoms in total. The first-order valence-electron chi connectivity index (χ1n) is 10.0. The van der Waals surface area contributed by atoms with Gasteiger partial charge in [-0.25, -0.2) is 0 Å². The number of carboxylic acids is 1. The van der Waals surface area contributed by atoms with Crippen molar-refractivity contribution < 1.29 is 19.8 Å². The summed E-state index contributed by atoms with van der Waals surface area (Å²) in [6, 6.07) is 17.5. The van der Waals surface area contributed by atoms with E-state index in [1.165, 1.54) is 5.56 Å². The van der Waals surface area contributed by atoms with Gasteiger partial charge in [-0.2, -0.15) is 0 Å². The number of aliphatic hydroxyl groups excluding tert-OH is 1. The number of aryl methyl sites for hydroxylation is 1. The molecule has 1 aliphatic heterocycles. The fourth-order valence-corrected chi connectivity index (χ4v) is 3.70. The first-order valence-corrected chi connectivity index (χ1v) is 10.4. The number of halogens is 1. The van der Waals surface area contributed by atoms with Crippen molar-refractivity contribution in [3.63, 3.8) is 0 Å². The molecule has 1 aliphatic rings. The minimum atomic E-state index is -0.833. The van der Waals surface area contributed by atoms with Crippen LogP contribution in [-0.4, -0.2) is 41.3 Å². The normalized spacial score (nSPS) is 20.6. The molecule has 0 saturated carbocycles. The Morgan fingerprint density at radius 3 is 2.40 bits per heavy atom. The highest BCUT2D eigenvalue weighted by atomic mass is 35.5. The average molecular weight is 433 g/mol. The van der Waals surface area contributed by atoms with Crippen LogP contribution in [0.15, 0.2) is 54.6 Å². The molecule has 1 amide bonds. The number of rotatable bonds is 6. The van der Waals surface area contributed by atoms with E-state index >= 15 is 0 Å². The number of piperidine rings is 1. The van der Waals surface area contributed by atoms with Crippen molar-refractivity contribution in [1.29, 1.82) is 0 Å². The number of aliphatic carboxylic acids is 1. The standard InChI is InChI=1S/C21H25ClN2O2.C2H4O2/c22-18-11-9-16(10-12-18)5-4-8-20(26)24-21(13-14-23-15-19(21)25)17-6-2-1-3-7-17;1-2(3)4/h1-3,6-7,9-12,19,23,25H,4-5,8,13-15H2,(H,24,26);1H3,(H,3,4)/t19-,21+;/m1./s1. The fraction of sp³-hybridized carbons (Fsp3) is 0.391. The smallest absolute Gasteiger partial charge is 0.300 e. The van der Waals surface area contributed by atoms with E-state index in [0.29, 0.717) is 19.4 Å². The maximum Gasteiger partial charge on any atom is 0.300 e. The van der Waals surface area contributed by atoms with Gasteiger partial charge in [-0.1, -0.05) is 54.1 Å². The Labute approximate surface area is 182 Å². The van der Waals surface area contributed by atoms with E-state index in [1.54, 1.807) is 0 Å². The van der Waals surface area contributed by atoms with E-state index in [2.05, 4.69) is 10.6 Å². The maximum absolute atomic E-state index is 12.6. The van der Waals surface area contributed by atoms with Crippen molar-refractivity contribution >= 4 is 23.5 Å². The minimum absolute atomic E-state index is 0.0243. The minimum Gasteiger partial charge on any atom is -0.481 e. The maximum atomic E-state index is 12.6. The van der Waals surface area contributed by atoms with Crippen LogP contribution in [0, 0.1) is 0 Å². The first kappa shape index (κ1) is 23.9. The van der Waals surface area contributed by atoms with Crippen molar-refractivity contribution in [3.05, 3.63) is 70.7 Å². The quantitative estimate of drug-likeness (QED) is 0.562. The van der Waals surface area contributed by atoms with Gasteiger partial charge in [0.1, 0.15) is 0 Å². The second-order valence-corrected chi connectivity index (χ2v) is 7.79. The molecule has 0 unspecified atom stereocenters. The molecule has 2 aromatic carbocycles. The van der Waals surface area contributed by atoms with E-state index in [-0.39, 0.29) is 5.91 Å². The Balaban J connectivity index is 0.000000735. The van der Waals surface area contributed by atoms with Crippen LogP contribution in [-0.2, 0) is 21.5 Å². The molecule has 162 valence electrons. The number of amides is 1. The summed E-state index contributed by atoms with van der Waals surface area (Å²) in [7, 11) is 0. The molecular formula is C23H29ClN2O4. The molecule has 1 saturated heterocycles. The van der Waals surface area contributed by atoms with Crippen molar-refractivity contribution in [2.75, 3.05) is 13.1 Å². The third kappa shape index (κ3) is 7.13. The number of carbonyl (C=O) groups excluding carboxylic acids is 1. The summed E-state index contributed by atoms with van der Waals surface area (Å²) in [6.45, 7) is 2.32. The number of nitrogens with one attached hydrogen (secondary N) is 2. The van der Waals surface area contributed by atoms with E-state index < -0.39 is 17.6 Å². The average Bonchev–Trinajstić information content (AvgIpc) is 2.71. The molecule has 2 atom stereocenters. The predicted octanol–water partition coefficient (Wildman–Crippen LogP) is 3.12. The largest absolute Gasteiger partial charge is 0.481 e. The SMILES string of the molecule is CC(=O)O.O=C(CCCc1ccc(Cl)cc1)N[C@]1(c2ccccc2)CCNC[C@H]1O.